The van der Waals surface area contributed by atoms with E-state index in [1.54, 1.807) is 32.0 Å². The second kappa shape index (κ2) is 9.98. The molecule has 0 unspecified atom stereocenters. The Kier molecular flexibility index (Phi) is 7.36. The molecule has 158 valence electrons. The highest BCUT2D eigenvalue weighted by Crippen LogP contribution is 2.35. The van der Waals surface area contributed by atoms with E-state index < -0.39 is 5.91 Å². The van der Waals surface area contributed by atoms with Crippen LogP contribution in [-0.4, -0.2) is 22.8 Å². The summed E-state index contributed by atoms with van der Waals surface area (Å²) in [6, 6.07) is 14.7. The summed E-state index contributed by atoms with van der Waals surface area (Å²) in [5.74, 6) is 0.561. The van der Waals surface area contributed by atoms with Gasteiger partial charge in [0.1, 0.15) is 18.2 Å². The summed E-state index contributed by atoms with van der Waals surface area (Å²) in [5, 5.41) is 14.3. The van der Waals surface area contributed by atoms with Crippen LogP contribution in [0.2, 0.25) is 5.02 Å². The van der Waals surface area contributed by atoms with E-state index in [-0.39, 0.29) is 12.2 Å². The van der Waals surface area contributed by atoms with Gasteiger partial charge in [-0.25, -0.2) is 4.68 Å². The fraction of sp³-hybridized carbons (Fsp3) is 0.174. The number of nitriles is 1. The minimum absolute atomic E-state index is 0.0335. The molecular weight excluding hydrogens is 529 g/mol. The molecule has 31 heavy (non-hydrogen) atoms. The van der Waals surface area contributed by atoms with Gasteiger partial charge < -0.3 is 9.47 Å². The van der Waals surface area contributed by atoms with Crippen molar-refractivity contribution in [3.05, 3.63) is 79.1 Å². The molecule has 1 aromatic heterocycles. The number of carbonyl (C=O) groups is 1. The predicted octanol–water partition coefficient (Wildman–Crippen LogP) is 5.59. The molecule has 8 heteroatoms. The maximum absolute atomic E-state index is 12.8. The van der Waals surface area contributed by atoms with E-state index in [4.69, 9.17) is 21.1 Å². The van der Waals surface area contributed by atoms with Gasteiger partial charge in [-0.15, -0.1) is 0 Å². The van der Waals surface area contributed by atoms with Gasteiger partial charge in [-0.2, -0.15) is 10.4 Å². The van der Waals surface area contributed by atoms with Crippen molar-refractivity contribution in [1.82, 2.24) is 9.78 Å². The first-order valence-corrected chi connectivity index (χ1v) is 10.7. The Bertz CT molecular complexity index is 1210. The minimum Gasteiger partial charge on any atom is -0.493 e. The van der Waals surface area contributed by atoms with Crippen LogP contribution in [0.25, 0.3) is 6.08 Å². The van der Waals surface area contributed by atoms with Crippen molar-refractivity contribution in [2.75, 3.05) is 7.11 Å². The smallest absolute Gasteiger partial charge is 0.289 e. The topological polar surface area (TPSA) is 77.1 Å². The van der Waals surface area contributed by atoms with Crippen LogP contribution in [-0.2, 0) is 6.61 Å². The summed E-state index contributed by atoms with van der Waals surface area (Å²) in [6.45, 7) is 3.84. The zero-order valence-corrected chi connectivity index (χ0v) is 20.1. The maximum Gasteiger partial charge on any atom is 0.289 e. The lowest BCUT2D eigenvalue weighted by Crippen LogP contribution is -2.15. The fourth-order valence-electron chi connectivity index (χ4n) is 2.99. The third-order valence-corrected chi connectivity index (χ3v) is 5.62. The van der Waals surface area contributed by atoms with Gasteiger partial charge in [0.15, 0.2) is 11.5 Å². The molecule has 1 heterocycles. The lowest BCUT2D eigenvalue weighted by Gasteiger charge is -2.14. The van der Waals surface area contributed by atoms with E-state index in [1.807, 2.05) is 30.3 Å². The number of rotatable bonds is 6. The van der Waals surface area contributed by atoms with Crippen LogP contribution in [0.1, 0.15) is 27.3 Å². The largest absolute Gasteiger partial charge is 0.493 e. The highest BCUT2D eigenvalue weighted by atomic mass is 127. The number of nitrogens with zero attached hydrogens (tertiary/aromatic N) is 3. The van der Waals surface area contributed by atoms with Gasteiger partial charge in [0, 0.05) is 16.3 Å². The van der Waals surface area contributed by atoms with Crippen molar-refractivity contribution in [2.24, 2.45) is 0 Å². The Morgan fingerprint density at radius 2 is 2.03 bits per heavy atom. The van der Waals surface area contributed by atoms with E-state index in [0.29, 0.717) is 33.5 Å². The molecule has 3 aromatic rings. The molecule has 0 spiro atoms. The zero-order valence-electron chi connectivity index (χ0n) is 17.1. The number of aromatic nitrogens is 2. The van der Waals surface area contributed by atoms with Gasteiger partial charge in [-0.05, 0) is 72.3 Å². The number of methoxy groups -OCH3 is 1. The van der Waals surface area contributed by atoms with Crippen molar-refractivity contribution in [2.45, 2.75) is 20.5 Å². The molecule has 0 aliphatic carbocycles. The Morgan fingerprint density at radius 3 is 2.65 bits per heavy atom. The molecule has 0 aliphatic rings. The normalized spacial score (nSPS) is 11.2. The highest BCUT2D eigenvalue weighted by molar-refractivity contribution is 14.1. The second-order valence-corrected chi connectivity index (χ2v) is 8.30. The van der Waals surface area contributed by atoms with Crippen molar-refractivity contribution in [3.63, 3.8) is 0 Å². The monoisotopic (exact) mass is 547 g/mol. The summed E-state index contributed by atoms with van der Waals surface area (Å²) < 4.78 is 13.5. The standard InChI is InChI=1S/C23H19ClIN3O3/c1-14-8-15(2)28(27-14)23(29)18(12-26)9-16-10-20(25)22(21(11-16)30-3)31-13-17-6-4-5-7-19(17)24/h4-11H,13H2,1-3H3/b18-9+. The molecule has 2 aromatic carbocycles. The number of allylic oxidation sites excluding steroid dienone is 1. The van der Waals surface area contributed by atoms with Crippen LogP contribution in [0, 0.1) is 28.7 Å². The Labute approximate surface area is 199 Å². The summed E-state index contributed by atoms with van der Waals surface area (Å²) in [7, 11) is 1.54. The molecule has 3 rings (SSSR count). The van der Waals surface area contributed by atoms with Gasteiger partial charge >= 0.3 is 0 Å². The molecule has 0 amide bonds. The zero-order chi connectivity index (χ0) is 22.5. The molecule has 0 aliphatic heterocycles. The molecule has 0 N–H and O–H groups in total. The molecule has 6 nitrogen and oxygen atoms in total. The number of hydrogen-bond donors (Lipinski definition) is 0. The Balaban J connectivity index is 1.91. The molecule has 0 fully saturated rings. The van der Waals surface area contributed by atoms with Gasteiger partial charge in [0.05, 0.1) is 16.4 Å². The fourth-order valence-corrected chi connectivity index (χ4v) is 3.96. The van der Waals surface area contributed by atoms with E-state index in [2.05, 4.69) is 27.7 Å². The summed E-state index contributed by atoms with van der Waals surface area (Å²) in [6.07, 6.45) is 1.52. The third-order valence-electron chi connectivity index (χ3n) is 4.45. The number of hydrogen-bond acceptors (Lipinski definition) is 5. The number of carbonyl (C=O) groups excluding carboxylic acids is 1. The van der Waals surface area contributed by atoms with Crippen LogP contribution in [0.3, 0.4) is 0 Å². The highest BCUT2D eigenvalue weighted by Gasteiger charge is 2.17. The average Bonchev–Trinajstić information content (AvgIpc) is 3.09. The molecule has 0 saturated heterocycles. The van der Waals surface area contributed by atoms with E-state index in [9.17, 15) is 10.1 Å². The number of ether oxygens (including phenoxy) is 2. The van der Waals surface area contributed by atoms with E-state index >= 15 is 0 Å². The first-order valence-electron chi connectivity index (χ1n) is 9.27. The first-order chi connectivity index (χ1) is 14.8. The Hall–Kier alpha value is -2.83. The van der Waals surface area contributed by atoms with Crippen molar-refractivity contribution in [1.29, 1.82) is 5.26 Å². The van der Waals surface area contributed by atoms with Crippen LogP contribution >= 0.6 is 34.2 Å². The summed E-state index contributed by atoms with van der Waals surface area (Å²) in [5.41, 5.74) is 2.83. The Morgan fingerprint density at radius 1 is 1.29 bits per heavy atom. The van der Waals surface area contributed by atoms with Crippen LogP contribution in [0.5, 0.6) is 11.5 Å². The van der Waals surface area contributed by atoms with Crippen molar-refractivity contribution in [3.8, 4) is 17.6 Å². The van der Waals surface area contributed by atoms with Crippen LogP contribution in [0.15, 0.2) is 48.0 Å². The van der Waals surface area contributed by atoms with Gasteiger partial charge in [0.25, 0.3) is 5.91 Å². The van der Waals surface area contributed by atoms with Crippen LogP contribution < -0.4 is 9.47 Å². The predicted molar refractivity (Wildman–Crippen MR) is 127 cm³/mol. The molecule has 0 atom stereocenters. The quantitative estimate of drug-likeness (QED) is 0.228. The van der Waals surface area contributed by atoms with Gasteiger partial charge in [-0.3, -0.25) is 4.79 Å². The average molecular weight is 548 g/mol. The maximum atomic E-state index is 12.8. The molecule has 0 saturated carbocycles. The number of halogens is 2. The molecule has 0 bridgehead atoms. The third kappa shape index (κ3) is 5.27. The van der Waals surface area contributed by atoms with Gasteiger partial charge in [0.2, 0.25) is 0 Å². The van der Waals surface area contributed by atoms with Gasteiger partial charge in [-0.1, -0.05) is 29.8 Å². The van der Waals surface area contributed by atoms with Crippen LogP contribution in [0.4, 0.5) is 0 Å². The van der Waals surface area contributed by atoms with E-state index in [1.165, 1.54) is 17.9 Å². The molecular formula is C23H19ClIN3O3. The van der Waals surface area contributed by atoms with Crippen molar-refractivity contribution < 1.29 is 14.3 Å². The molecule has 0 radical (unpaired) electrons. The lowest BCUT2D eigenvalue weighted by atomic mass is 10.1. The second-order valence-electron chi connectivity index (χ2n) is 6.73. The van der Waals surface area contributed by atoms with E-state index in [0.717, 1.165) is 9.13 Å². The minimum atomic E-state index is -0.485. The number of aryl methyl sites for hydroxylation is 2. The summed E-state index contributed by atoms with van der Waals surface area (Å²) in [4.78, 5) is 12.8. The lowest BCUT2D eigenvalue weighted by molar-refractivity contribution is 0.0943. The SMILES string of the molecule is COc1cc(/C=C(\C#N)C(=O)n2nc(C)cc2C)cc(I)c1OCc1ccccc1Cl. The first kappa shape index (κ1) is 22.8. The van der Waals surface area contributed by atoms with Crippen molar-refractivity contribution >= 4 is 46.2 Å². The summed E-state index contributed by atoms with van der Waals surface area (Å²) >= 11 is 8.33. The number of benzene rings is 2.